The van der Waals surface area contributed by atoms with Crippen LogP contribution >= 0.6 is 11.6 Å². The number of hydrogen-bond acceptors (Lipinski definition) is 5. The van der Waals surface area contributed by atoms with Gasteiger partial charge in [-0.3, -0.25) is 5.10 Å². The molecule has 6 nitrogen and oxygen atoms in total. The van der Waals surface area contributed by atoms with Gasteiger partial charge in [0, 0.05) is 10.6 Å². The Labute approximate surface area is 156 Å². The highest BCUT2D eigenvalue weighted by Crippen LogP contribution is 2.38. The molecular weight excluding hydrogens is 394 g/mol. The summed E-state index contributed by atoms with van der Waals surface area (Å²) in [6.07, 6.45) is -7.51. The zero-order chi connectivity index (χ0) is 19.5. The molecule has 1 fully saturated rings. The molecule has 1 aliphatic rings. The highest BCUT2D eigenvalue weighted by atomic mass is 35.5. The van der Waals surface area contributed by atoms with Gasteiger partial charge < -0.3 is 14.2 Å². The maximum absolute atomic E-state index is 12.9. The Morgan fingerprint density at radius 1 is 1.33 bits per heavy atom. The topological polar surface area (TPSA) is 69.3 Å². The van der Waals surface area contributed by atoms with E-state index in [4.69, 9.17) is 21.1 Å². The highest BCUT2D eigenvalue weighted by molar-refractivity contribution is 6.30. The number of H-pyrrole nitrogens is 1. The average molecular weight is 410 g/mol. The zero-order valence-corrected chi connectivity index (χ0v) is 14.6. The fraction of sp³-hybridized carbons (Fsp3) is 0.500. The quantitative estimate of drug-likeness (QED) is 0.675. The predicted octanol–water partition coefficient (Wildman–Crippen LogP) is 3.53. The van der Waals surface area contributed by atoms with Gasteiger partial charge in [-0.05, 0) is 18.6 Å². The van der Waals surface area contributed by atoms with E-state index in [1.165, 1.54) is 6.33 Å². The van der Waals surface area contributed by atoms with Crippen LogP contribution in [0.5, 0.6) is 0 Å². The predicted molar refractivity (Wildman–Crippen MR) is 85.6 cm³/mol. The fourth-order valence-electron chi connectivity index (χ4n) is 2.68. The van der Waals surface area contributed by atoms with E-state index in [1.807, 2.05) is 0 Å². The van der Waals surface area contributed by atoms with Gasteiger partial charge in [0.15, 0.2) is 5.82 Å². The maximum atomic E-state index is 12.9. The van der Waals surface area contributed by atoms with Crippen LogP contribution in [-0.4, -0.2) is 47.0 Å². The minimum absolute atomic E-state index is 0.0500. The molecule has 1 N–H and O–H groups in total. The summed E-state index contributed by atoms with van der Waals surface area (Å²) >= 11 is 5.91. The summed E-state index contributed by atoms with van der Waals surface area (Å²) in [7, 11) is 0. The van der Waals surface area contributed by atoms with Crippen LogP contribution in [-0.2, 0) is 26.4 Å². The molecule has 1 aromatic carbocycles. The minimum atomic E-state index is -4.49. The zero-order valence-electron chi connectivity index (χ0n) is 13.9. The van der Waals surface area contributed by atoms with Gasteiger partial charge in [0.05, 0.1) is 25.7 Å². The van der Waals surface area contributed by atoms with E-state index in [2.05, 4.69) is 19.9 Å². The number of ether oxygens (including phenoxy) is 3. The third kappa shape index (κ3) is 4.75. The van der Waals surface area contributed by atoms with Crippen LogP contribution in [0.25, 0.3) is 0 Å². The standard InChI is InChI=1S/C16H16ClF4N3O3/c17-11-3-1-10(2-4-11)15(7-13-22-9-23-24-13)26-8-12(27-15)5-6-25-16(20,21)14(18)19/h1-4,9,12,14H,5-8H2,(H,22,23,24). The SMILES string of the molecule is FC(F)C(F)(F)OCCC1COC(Cc2nc[nH]n2)(c2ccc(Cl)cc2)O1. The molecule has 1 saturated heterocycles. The number of nitrogens with one attached hydrogen (secondary N) is 1. The number of aromatic amines is 1. The van der Waals surface area contributed by atoms with E-state index in [9.17, 15) is 17.6 Å². The van der Waals surface area contributed by atoms with Crippen molar-refractivity contribution in [1.82, 2.24) is 15.2 Å². The van der Waals surface area contributed by atoms with Crippen LogP contribution in [0, 0.1) is 0 Å². The van der Waals surface area contributed by atoms with E-state index in [0.29, 0.717) is 16.4 Å². The molecule has 0 aliphatic carbocycles. The van der Waals surface area contributed by atoms with Crippen molar-refractivity contribution in [2.24, 2.45) is 0 Å². The lowest BCUT2D eigenvalue weighted by Gasteiger charge is -2.27. The molecule has 2 unspecified atom stereocenters. The first-order chi connectivity index (χ1) is 12.8. The van der Waals surface area contributed by atoms with Crippen molar-refractivity contribution >= 4 is 11.6 Å². The number of benzene rings is 1. The molecule has 0 amide bonds. The first-order valence-corrected chi connectivity index (χ1v) is 8.41. The Bertz CT molecular complexity index is 733. The van der Waals surface area contributed by atoms with Crippen LogP contribution in [0.4, 0.5) is 17.6 Å². The molecule has 0 radical (unpaired) electrons. The molecule has 11 heteroatoms. The largest absolute Gasteiger partial charge is 0.416 e. The van der Waals surface area contributed by atoms with Gasteiger partial charge in [-0.25, -0.2) is 13.8 Å². The number of halogens is 5. The van der Waals surface area contributed by atoms with Crippen molar-refractivity contribution in [3.8, 4) is 0 Å². The second kappa shape index (κ2) is 8.09. The molecule has 2 atom stereocenters. The minimum Gasteiger partial charge on any atom is -0.343 e. The van der Waals surface area contributed by atoms with E-state index in [-0.39, 0.29) is 19.4 Å². The number of nitrogens with zero attached hydrogens (tertiary/aromatic N) is 2. The number of aromatic nitrogens is 3. The van der Waals surface area contributed by atoms with E-state index >= 15 is 0 Å². The summed E-state index contributed by atoms with van der Waals surface area (Å²) in [6, 6.07) is 6.73. The second-order valence-electron chi connectivity index (χ2n) is 5.90. The molecule has 2 heterocycles. The van der Waals surface area contributed by atoms with Crippen LogP contribution in [0.1, 0.15) is 17.8 Å². The van der Waals surface area contributed by atoms with Crippen molar-refractivity contribution < 1.29 is 31.8 Å². The lowest BCUT2D eigenvalue weighted by atomic mass is 10.0. The maximum Gasteiger partial charge on any atom is 0.416 e. The Hall–Kier alpha value is -1.75. The third-order valence-electron chi connectivity index (χ3n) is 3.99. The Balaban J connectivity index is 1.69. The Kier molecular flexibility index (Phi) is 5.99. The normalized spacial score (nSPS) is 23.3. The summed E-state index contributed by atoms with van der Waals surface area (Å²) in [4.78, 5) is 4.05. The molecule has 0 bridgehead atoms. The van der Waals surface area contributed by atoms with Crippen LogP contribution in [0.2, 0.25) is 5.02 Å². The highest BCUT2D eigenvalue weighted by Gasteiger charge is 2.45. The van der Waals surface area contributed by atoms with Gasteiger partial charge in [0.25, 0.3) is 0 Å². The average Bonchev–Trinajstić information content (AvgIpc) is 3.26. The van der Waals surface area contributed by atoms with Gasteiger partial charge in [0.2, 0.25) is 5.79 Å². The van der Waals surface area contributed by atoms with E-state index in [1.54, 1.807) is 24.3 Å². The third-order valence-corrected chi connectivity index (χ3v) is 4.24. The second-order valence-corrected chi connectivity index (χ2v) is 6.34. The summed E-state index contributed by atoms with van der Waals surface area (Å²) in [5, 5.41) is 7.08. The lowest BCUT2D eigenvalue weighted by Crippen LogP contribution is -2.33. The molecule has 1 aromatic heterocycles. The van der Waals surface area contributed by atoms with Gasteiger partial charge in [-0.1, -0.05) is 23.7 Å². The van der Waals surface area contributed by atoms with Crippen molar-refractivity contribution in [3.05, 3.63) is 47.0 Å². The summed E-state index contributed by atoms with van der Waals surface area (Å²) < 4.78 is 65.8. The van der Waals surface area contributed by atoms with Gasteiger partial charge >= 0.3 is 12.5 Å². The lowest BCUT2D eigenvalue weighted by molar-refractivity contribution is -0.302. The van der Waals surface area contributed by atoms with Crippen LogP contribution < -0.4 is 0 Å². The first kappa shape index (κ1) is 20.0. The molecule has 27 heavy (non-hydrogen) atoms. The summed E-state index contributed by atoms with van der Waals surface area (Å²) in [6.45, 7) is -0.542. The van der Waals surface area contributed by atoms with E-state index < -0.39 is 31.0 Å². The summed E-state index contributed by atoms with van der Waals surface area (Å²) in [5.41, 5.74) is 0.637. The van der Waals surface area contributed by atoms with Gasteiger partial charge in [-0.2, -0.15) is 13.9 Å². The molecule has 148 valence electrons. The van der Waals surface area contributed by atoms with Crippen LogP contribution in [0.15, 0.2) is 30.6 Å². The molecule has 0 spiro atoms. The van der Waals surface area contributed by atoms with Gasteiger partial charge in [-0.15, -0.1) is 0 Å². The van der Waals surface area contributed by atoms with Crippen molar-refractivity contribution in [3.63, 3.8) is 0 Å². The monoisotopic (exact) mass is 409 g/mol. The molecule has 0 saturated carbocycles. The van der Waals surface area contributed by atoms with Crippen molar-refractivity contribution in [2.75, 3.05) is 13.2 Å². The van der Waals surface area contributed by atoms with E-state index in [0.717, 1.165) is 0 Å². The molecule has 3 rings (SSSR count). The van der Waals surface area contributed by atoms with Crippen LogP contribution in [0.3, 0.4) is 0 Å². The molecule has 1 aliphatic heterocycles. The molecular formula is C16H16ClF4N3O3. The number of hydrogen-bond donors (Lipinski definition) is 1. The molecule has 2 aromatic rings. The fourth-order valence-corrected chi connectivity index (χ4v) is 2.80. The Morgan fingerprint density at radius 2 is 2.07 bits per heavy atom. The smallest absolute Gasteiger partial charge is 0.343 e. The van der Waals surface area contributed by atoms with Crippen molar-refractivity contribution in [1.29, 1.82) is 0 Å². The van der Waals surface area contributed by atoms with Gasteiger partial charge in [0.1, 0.15) is 6.33 Å². The number of rotatable bonds is 8. The summed E-state index contributed by atoms with van der Waals surface area (Å²) in [5.74, 6) is -0.825. The number of alkyl halides is 4. The Morgan fingerprint density at radius 3 is 2.70 bits per heavy atom. The first-order valence-electron chi connectivity index (χ1n) is 8.03. The van der Waals surface area contributed by atoms with Crippen molar-refractivity contribution in [2.45, 2.75) is 37.3 Å².